The third kappa shape index (κ3) is 2.56. The van der Waals surface area contributed by atoms with Crippen molar-refractivity contribution in [3.63, 3.8) is 0 Å². The smallest absolute Gasteiger partial charge is 0.272 e. The molecule has 0 saturated heterocycles. The van der Waals surface area contributed by atoms with Gasteiger partial charge in [0.15, 0.2) is 5.69 Å². The van der Waals surface area contributed by atoms with Crippen molar-refractivity contribution in [2.75, 3.05) is 0 Å². The molecule has 1 N–H and O–H groups in total. The lowest BCUT2D eigenvalue weighted by atomic mass is 10.0. The predicted molar refractivity (Wildman–Crippen MR) is 52.9 cm³/mol. The van der Waals surface area contributed by atoms with Crippen molar-refractivity contribution in [1.82, 2.24) is 10.2 Å². The third-order valence-electron chi connectivity index (χ3n) is 2.33. The van der Waals surface area contributed by atoms with E-state index in [-0.39, 0.29) is 5.56 Å². The highest BCUT2D eigenvalue weighted by Gasteiger charge is 2.44. The summed E-state index contributed by atoms with van der Waals surface area (Å²) in [4.78, 5) is 0. The van der Waals surface area contributed by atoms with E-state index in [4.69, 9.17) is 0 Å². The zero-order valence-corrected chi connectivity index (χ0v) is 9.02. The quantitative estimate of drug-likeness (QED) is 0.787. The highest BCUT2D eigenvalue weighted by atomic mass is 19.4. The number of aromatic nitrogens is 2. The van der Waals surface area contributed by atoms with E-state index < -0.39 is 29.3 Å². The maximum atomic E-state index is 12.7. The number of rotatable bonds is 1. The van der Waals surface area contributed by atoms with Crippen molar-refractivity contribution in [2.45, 2.75) is 12.4 Å². The van der Waals surface area contributed by atoms with Crippen LogP contribution >= 0.6 is 0 Å². The minimum atomic E-state index is -4.98. The van der Waals surface area contributed by atoms with Gasteiger partial charge in [-0.25, -0.2) is 0 Å². The molecule has 2 rings (SSSR count). The first-order valence-corrected chi connectivity index (χ1v) is 4.90. The minimum Gasteiger partial charge on any atom is -0.272 e. The summed E-state index contributed by atoms with van der Waals surface area (Å²) in [6.45, 7) is 0. The van der Waals surface area contributed by atoms with Crippen LogP contribution in [0.5, 0.6) is 0 Å². The summed E-state index contributed by atoms with van der Waals surface area (Å²) < 4.78 is 76.1. The molecule has 1 aromatic carbocycles. The van der Waals surface area contributed by atoms with Crippen LogP contribution in [-0.4, -0.2) is 10.2 Å². The number of alkyl halides is 6. The molecule has 8 heteroatoms. The zero-order valence-electron chi connectivity index (χ0n) is 9.02. The fraction of sp³-hybridized carbons (Fsp3) is 0.182. The molecule has 0 aliphatic rings. The van der Waals surface area contributed by atoms with Gasteiger partial charge in [0, 0.05) is 5.56 Å². The van der Waals surface area contributed by atoms with Crippen LogP contribution in [0.3, 0.4) is 0 Å². The Morgan fingerprint density at radius 1 is 0.947 bits per heavy atom. The Morgan fingerprint density at radius 2 is 1.53 bits per heavy atom. The van der Waals surface area contributed by atoms with Crippen molar-refractivity contribution < 1.29 is 26.3 Å². The molecule has 0 fully saturated rings. The summed E-state index contributed by atoms with van der Waals surface area (Å²) in [5.41, 5.74) is -4.35. The van der Waals surface area contributed by atoms with E-state index in [1.54, 1.807) is 0 Å². The largest absolute Gasteiger partial charge is 0.435 e. The van der Waals surface area contributed by atoms with Gasteiger partial charge in [0.1, 0.15) is 5.69 Å². The van der Waals surface area contributed by atoms with Crippen LogP contribution in [0.15, 0.2) is 24.3 Å². The number of aromatic amines is 1. The average Bonchev–Trinajstić information content (AvgIpc) is 2.73. The number of H-pyrrole nitrogens is 1. The van der Waals surface area contributed by atoms with Gasteiger partial charge in [0.2, 0.25) is 0 Å². The lowest BCUT2D eigenvalue weighted by molar-refractivity contribution is -0.141. The highest BCUT2D eigenvalue weighted by Crippen LogP contribution is 2.42. The minimum absolute atomic E-state index is 0.229. The second-order valence-corrected chi connectivity index (χ2v) is 3.61. The maximum Gasteiger partial charge on any atom is 0.435 e. The molecule has 0 aliphatic heterocycles. The SMILES string of the molecule is FC(F)(F)c1n[nH]c(C(F)(F)F)c1-c1cc[c]cc1. The second kappa shape index (κ2) is 4.29. The highest BCUT2D eigenvalue weighted by molar-refractivity contribution is 5.69. The molecule has 0 spiro atoms. The number of hydrogen-bond acceptors (Lipinski definition) is 1. The van der Waals surface area contributed by atoms with Crippen LogP contribution in [0, 0.1) is 6.07 Å². The van der Waals surface area contributed by atoms with Crippen LogP contribution in [0.2, 0.25) is 0 Å². The van der Waals surface area contributed by atoms with Crippen molar-refractivity contribution >= 4 is 0 Å². The molecular formula is C11H5F6N2. The Morgan fingerprint density at radius 3 is 2.00 bits per heavy atom. The molecule has 2 nitrogen and oxygen atoms in total. The van der Waals surface area contributed by atoms with Gasteiger partial charge in [-0.2, -0.15) is 31.4 Å². The van der Waals surface area contributed by atoms with Crippen molar-refractivity contribution in [3.05, 3.63) is 41.7 Å². The Balaban J connectivity index is 2.71. The lowest BCUT2D eigenvalue weighted by Gasteiger charge is -2.10. The molecule has 0 atom stereocenters. The van der Waals surface area contributed by atoms with Crippen molar-refractivity contribution in [2.24, 2.45) is 0 Å². The summed E-state index contributed by atoms with van der Waals surface area (Å²) >= 11 is 0. The van der Waals surface area contributed by atoms with Crippen LogP contribution < -0.4 is 0 Å². The van der Waals surface area contributed by atoms with Crippen molar-refractivity contribution in [1.29, 1.82) is 0 Å². The maximum absolute atomic E-state index is 12.7. The average molecular weight is 279 g/mol. The fourth-order valence-corrected chi connectivity index (χ4v) is 1.59. The van der Waals surface area contributed by atoms with Gasteiger partial charge in [0.25, 0.3) is 0 Å². The van der Waals surface area contributed by atoms with Gasteiger partial charge >= 0.3 is 12.4 Å². The molecule has 1 radical (unpaired) electrons. The van der Waals surface area contributed by atoms with E-state index in [0.717, 1.165) is 12.1 Å². The second-order valence-electron chi connectivity index (χ2n) is 3.61. The van der Waals surface area contributed by atoms with E-state index in [1.807, 2.05) is 0 Å². The van der Waals surface area contributed by atoms with Gasteiger partial charge in [-0.05, 0) is 11.6 Å². The number of nitrogens with one attached hydrogen (secondary N) is 1. The number of nitrogens with zero attached hydrogens (tertiary/aromatic N) is 1. The van der Waals surface area contributed by atoms with Gasteiger partial charge < -0.3 is 0 Å². The number of hydrogen-bond donors (Lipinski definition) is 1. The van der Waals surface area contributed by atoms with Crippen LogP contribution in [-0.2, 0) is 12.4 Å². The molecule has 2 aromatic rings. The van der Waals surface area contributed by atoms with Gasteiger partial charge in [-0.3, -0.25) is 5.10 Å². The fourth-order valence-electron chi connectivity index (χ4n) is 1.59. The Labute approximate surface area is 103 Å². The summed E-state index contributed by atoms with van der Waals surface area (Å²) in [5, 5.41) is 4.16. The summed E-state index contributed by atoms with van der Waals surface area (Å²) in [7, 11) is 0. The van der Waals surface area contributed by atoms with E-state index in [1.165, 1.54) is 17.2 Å². The molecule has 1 heterocycles. The molecule has 19 heavy (non-hydrogen) atoms. The molecular weight excluding hydrogens is 274 g/mol. The Bertz CT molecular complexity index is 536. The Kier molecular flexibility index (Phi) is 3.03. The van der Waals surface area contributed by atoms with Gasteiger partial charge in [-0.15, -0.1) is 0 Å². The van der Waals surface area contributed by atoms with E-state index in [2.05, 4.69) is 11.2 Å². The van der Waals surface area contributed by atoms with E-state index in [9.17, 15) is 26.3 Å². The molecule has 1 aromatic heterocycles. The normalized spacial score (nSPS) is 12.7. The van der Waals surface area contributed by atoms with Crippen molar-refractivity contribution in [3.8, 4) is 11.1 Å². The Hall–Kier alpha value is -1.99. The standard InChI is InChI=1S/C11H5F6N2/c12-10(13,14)8-7(6-4-2-1-3-5-6)9(19-18-8)11(15,16)17/h2-5H,(H,18,19). The summed E-state index contributed by atoms with van der Waals surface area (Å²) in [6, 6.07) is 7.18. The van der Waals surface area contributed by atoms with E-state index in [0.29, 0.717) is 0 Å². The van der Waals surface area contributed by atoms with Gasteiger partial charge in [-0.1, -0.05) is 24.3 Å². The first-order valence-electron chi connectivity index (χ1n) is 4.90. The first-order chi connectivity index (χ1) is 8.71. The van der Waals surface area contributed by atoms with Crippen LogP contribution in [0.4, 0.5) is 26.3 Å². The molecule has 0 amide bonds. The van der Waals surface area contributed by atoms with Gasteiger partial charge in [0.05, 0.1) is 0 Å². The van der Waals surface area contributed by atoms with Crippen LogP contribution in [0.25, 0.3) is 11.1 Å². The molecule has 0 aliphatic carbocycles. The molecule has 0 bridgehead atoms. The zero-order chi connectivity index (χ0) is 14.3. The third-order valence-corrected chi connectivity index (χ3v) is 2.33. The lowest BCUT2D eigenvalue weighted by Crippen LogP contribution is -2.10. The summed E-state index contributed by atoms with van der Waals surface area (Å²) in [6.07, 6.45) is -9.93. The van der Waals surface area contributed by atoms with E-state index >= 15 is 0 Å². The summed E-state index contributed by atoms with van der Waals surface area (Å²) in [5.74, 6) is 0. The van der Waals surface area contributed by atoms with Crippen LogP contribution in [0.1, 0.15) is 11.4 Å². The molecule has 0 saturated carbocycles. The topological polar surface area (TPSA) is 28.7 Å². The monoisotopic (exact) mass is 279 g/mol. The first kappa shape index (κ1) is 13.4. The molecule has 0 unspecified atom stereocenters. The number of benzene rings is 1. The predicted octanol–water partition coefficient (Wildman–Crippen LogP) is 3.91. The molecule has 101 valence electrons. The number of halogens is 6.